The minimum absolute atomic E-state index is 0.0457. The molecule has 1 aromatic rings. The third kappa shape index (κ3) is 7.56. The molecule has 0 aromatic heterocycles. The van der Waals surface area contributed by atoms with Crippen molar-refractivity contribution in [1.82, 2.24) is 25.8 Å². The highest BCUT2D eigenvalue weighted by Crippen LogP contribution is 2.34. The molecule has 0 radical (unpaired) electrons. The Morgan fingerprint density at radius 1 is 0.956 bits per heavy atom. The van der Waals surface area contributed by atoms with Gasteiger partial charge in [-0.05, 0) is 49.6 Å². The molecular formula is C34H51N5O6. The Labute approximate surface area is 266 Å². The third-order valence-electron chi connectivity index (χ3n) is 10.4. The molecule has 3 fully saturated rings. The van der Waals surface area contributed by atoms with Crippen LogP contribution in [0.3, 0.4) is 0 Å². The van der Waals surface area contributed by atoms with Gasteiger partial charge in [0.25, 0.3) is 0 Å². The lowest BCUT2D eigenvalue weighted by Crippen LogP contribution is -2.66. The zero-order chi connectivity index (χ0) is 32.3. The molecule has 4 aliphatic rings. The first-order valence-electron chi connectivity index (χ1n) is 16.8. The van der Waals surface area contributed by atoms with Crippen molar-refractivity contribution in [2.24, 2.45) is 17.3 Å². The Bertz CT molecular complexity index is 1240. The molecule has 3 heterocycles. The summed E-state index contributed by atoms with van der Waals surface area (Å²) in [7, 11) is 0. The van der Waals surface area contributed by atoms with E-state index in [0.29, 0.717) is 26.1 Å². The smallest absolute Gasteiger partial charge is 0.404 e. The van der Waals surface area contributed by atoms with E-state index < -0.39 is 35.6 Å². The van der Waals surface area contributed by atoms with E-state index in [2.05, 4.69) is 20.9 Å². The number of benzene rings is 1. The van der Waals surface area contributed by atoms with Crippen LogP contribution in [-0.2, 0) is 14.4 Å². The fourth-order valence-corrected chi connectivity index (χ4v) is 7.93. The summed E-state index contributed by atoms with van der Waals surface area (Å²) >= 11 is 0. The molecule has 6 atom stereocenters. The van der Waals surface area contributed by atoms with E-state index in [1.165, 1.54) is 0 Å². The molecule has 11 heteroatoms. The standard InChI is InChI=1S/C34H51N5O6/c1-21(29(34(2,3)4)37-33(43)44)30(40)36-28(22-11-6-5-7-12-22)32(42)39-19-23-13-10-17-38(23)20-26(39)31(41)35-25-16-18-45-27-15-9-8-14-24(25)27/h8-9,14-15,21-23,25-26,28-29,37H,5-7,10-13,16-20H2,1-4H3,(H,35,41)(H,36,40)(H,43,44)/t21-,23-,25+,26-,28-,29?/m0/s1. The van der Waals surface area contributed by atoms with E-state index in [9.17, 15) is 24.3 Å². The Kier molecular flexibility index (Phi) is 10.3. The highest BCUT2D eigenvalue weighted by Gasteiger charge is 2.46. The second-order valence-electron chi connectivity index (χ2n) is 14.5. The van der Waals surface area contributed by atoms with E-state index >= 15 is 0 Å². The van der Waals surface area contributed by atoms with Crippen LogP contribution in [0.5, 0.6) is 5.75 Å². The van der Waals surface area contributed by atoms with Gasteiger partial charge < -0.3 is 30.7 Å². The lowest BCUT2D eigenvalue weighted by molar-refractivity contribution is -0.150. The van der Waals surface area contributed by atoms with Gasteiger partial charge >= 0.3 is 6.09 Å². The predicted molar refractivity (Wildman–Crippen MR) is 170 cm³/mol. The number of fused-ring (bicyclic) bond motifs is 2. The van der Waals surface area contributed by atoms with E-state index in [0.717, 1.165) is 62.8 Å². The van der Waals surface area contributed by atoms with Crippen molar-refractivity contribution in [2.75, 3.05) is 26.2 Å². The SMILES string of the molecule is C[C@H](C(=O)N[C@H](C(=O)N1C[C@@H]2CCCN2C[C@H]1C(=O)N[C@@H]1CCOc2ccccc21)C1CCCCC1)C(NC(=O)O)C(C)(C)C. The molecule has 0 spiro atoms. The van der Waals surface area contributed by atoms with Crippen LogP contribution in [0.2, 0.25) is 0 Å². The number of hydrogen-bond donors (Lipinski definition) is 4. The van der Waals surface area contributed by atoms with E-state index in [1.54, 1.807) is 11.8 Å². The van der Waals surface area contributed by atoms with Crippen LogP contribution in [0.15, 0.2) is 24.3 Å². The normalized spacial score (nSPS) is 26.0. The minimum Gasteiger partial charge on any atom is -0.493 e. The maximum atomic E-state index is 14.7. The summed E-state index contributed by atoms with van der Waals surface area (Å²) in [5.74, 6) is -0.733. The van der Waals surface area contributed by atoms with Gasteiger partial charge in [-0.3, -0.25) is 19.3 Å². The summed E-state index contributed by atoms with van der Waals surface area (Å²) in [6.07, 6.45) is 6.15. The van der Waals surface area contributed by atoms with Crippen LogP contribution < -0.4 is 20.7 Å². The predicted octanol–water partition coefficient (Wildman–Crippen LogP) is 3.69. The van der Waals surface area contributed by atoms with Crippen LogP contribution in [0.4, 0.5) is 4.79 Å². The largest absolute Gasteiger partial charge is 0.493 e. The number of piperazine rings is 1. The number of hydrogen-bond acceptors (Lipinski definition) is 6. The molecule has 0 bridgehead atoms. The van der Waals surface area contributed by atoms with Gasteiger partial charge in [-0.2, -0.15) is 0 Å². The van der Waals surface area contributed by atoms with Crippen molar-refractivity contribution < 1.29 is 29.0 Å². The number of ether oxygens (including phenoxy) is 1. The Hall–Kier alpha value is -3.34. The van der Waals surface area contributed by atoms with E-state index in [1.807, 2.05) is 45.0 Å². The van der Waals surface area contributed by atoms with Crippen LogP contribution in [-0.4, -0.2) is 89.1 Å². The quantitative estimate of drug-likeness (QED) is 0.346. The number of para-hydroxylation sites is 1. The van der Waals surface area contributed by atoms with Crippen molar-refractivity contribution in [2.45, 2.75) is 109 Å². The zero-order valence-corrected chi connectivity index (χ0v) is 27.2. The summed E-state index contributed by atoms with van der Waals surface area (Å²) in [6, 6.07) is 5.60. The number of carboxylic acid groups (broad SMARTS) is 1. The van der Waals surface area contributed by atoms with Crippen molar-refractivity contribution in [1.29, 1.82) is 0 Å². The van der Waals surface area contributed by atoms with E-state index in [4.69, 9.17) is 4.74 Å². The van der Waals surface area contributed by atoms with Gasteiger partial charge in [0.2, 0.25) is 17.7 Å². The second kappa shape index (κ2) is 14.0. The number of nitrogens with one attached hydrogen (secondary N) is 3. The van der Waals surface area contributed by atoms with Crippen LogP contribution in [0.1, 0.15) is 90.7 Å². The zero-order valence-electron chi connectivity index (χ0n) is 27.2. The summed E-state index contributed by atoms with van der Waals surface area (Å²) in [6.45, 7) is 9.70. The van der Waals surface area contributed by atoms with Gasteiger partial charge in [0.1, 0.15) is 17.8 Å². The molecule has 3 aliphatic heterocycles. The maximum Gasteiger partial charge on any atom is 0.404 e. The third-order valence-corrected chi connectivity index (χ3v) is 10.4. The second-order valence-corrected chi connectivity index (χ2v) is 14.5. The Morgan fingerprint density at radius 2 is 1.69 bits per heavy atom. The number of rotatable bonds is 8. The highest BCUT2D eigenvalue weighted by atomic mass is 16.5. The first-order chi connectivity index (χ1) is 21.4. The molecular weight excluding hydrogens is 574 g/mol. The van der Waals surface area contributed by atoms with Crippen LogP contribution in [0.25, 0.3) is 0 Å². The molecule has 11 nitrogen and oxygen atoms in total. The molecule has 1 aromatic carbocycles. The molecule has 2 saturated heterocycles. The summed E-state index contributed by atoms with van der Waals surface area (Å²) in [5.41, 5.74) is 0.416. The first-order valence-corrected chi connectivity index (χ1v) is 16.8. The topological polar surface area (TPSA) is 140 Å². The molecule has 4 amide bonds. The van der Waals surface area contributed by atoms with Gasteiger partial charge in [0, 0.05) is 37.2 Å². The lowest BCUT2D eigenvalue weighted by Gasteiger charge is -2.45. The average Bonchev–Trinajstić information content (AvgIpc) is 3.49. The molecule has 1 saturated carbocycles. The van der Waals surface area contributed by atoms with Crippen molar-refractivity contribution in [3.05, 3.63) is 29.8 Å². The van der Waals surface area contributed by atoms with Gasteiger partial charge in [0.05, 0.1) is 18.6 Å². The van der Waals surface area contributed by atoms with Crippen LogP contribution >= 0.6 is 0 Å². The van der Waals surface area contributed by atoms with E-state index in [-0.39, 0.29) is 35.7 Å². The summed E-state index contributed by atoms with van der Waals surface area (Å²) in [4.78, 5) is 58.3. The average molecular weight is 626 g/mol. The highest BCUT2D eigenvalue weighted by molar-refractivity contribution is 5.93. The van der Waals surface area contributed by atoms with Gasteiger partial charge in [-0.25, -0.2) is 4.79 Å². The van der Waals surface area contributed by atoms with Crippen molar-refractivity contribution in [3.8, 4) is 5.75 Å². The monoisotopic (exact) mass is 625 g/mol. The number of carbonyl (C=O) groups excluding carboxylic acids is 3. The van der Waals surface area contributed by atoms with Gasteiger partial charge in [0.15, 0.2) is 0 Å². The first kappa shape index (κ1) is 33.0. The molecule has 5 rings (SSSR count). The fraction of sp³-hybridized carbons (Fsp3) is 0.706. The Balaban J connectivity index is 1.39. The molecule has 4 N–H and O–H groups in total. The van der Waals surface area contributed by atoms with Crippen molar-refractivity contribution >= 4 is 23.8 Å². The molecule has 45 heavy (non-hydrogen) atoms. The Morgan fingerprint density at radius 3 is 2.40 bits per heavy atom. The van der Waals surface area contributed by atoms with Crippen LogP contribution in [0, 0.1) is 17.3 Å². The fourth-order valence-electron chi connectivity index (χ4n) is 7.93. The van der Waals surface area contributed by atoms with Gasteiger partial charge in [-0.15, -0.1) is 0 Å². The number of amides is 4. The molecule has 1 aliphatic carbocycles. The number of carbonyl (C=O) groups is 4. The summed E-state index contributed by atoms with van der Waals surface area (Å²) in [5, 5.41) is 18.4. The molecule has 1 unspecified atom stereocenters. The minimum atomic E-state index is -1.19. The van der Waals surface area contributed by atoms with Crippen molar-refractivity contribution in [3.63, 3.8) is 0 Å². The molecule has 248 valence electrons. The maximum absolute atomic E-state index is 14.7. The van der Waals surface area contributed by atoms with Gasteiger partial charge in [-0.1, -0.05) is 65.2 Å². The summed E-state index contributed by atoms with van der Waals surface area (Å²) < 4.78 is 5.81. The lowest BCUT2D eigenvalue weighted by atomic mass is 9.78. The number of nitrogens with zero attached hydrogens (tertiary/aromatic N) is 2.